The summed E-state index contributed by atoms with van der Waals surface area (Å²) in [7, 11) is 1.53. The Kier molecular flexibility index (Phi) is 5.89. The van der Waals surface area contributed by atoms with E-state index in [0.29, 0.717) is 16.8 Å². The van der Waals surface area contributed by atoms with Crippen LogP contribution < -0.4 is 5.32 Å². The average Bonchev–Trinajstić information content (AvgIpc) is 3.01. The van der Waals surface area contributed by atoms with Crippen molar-refractivity contribution in [1.82, 2.24) is 0 Å². The van der Waals surface area contributed by atoms with Crippen molar-refractivity contribution in [1.29, 1.82) is 0 Å². The SMILES string of the molecule is COCc1c(C(=O)OCC(=O)Nc2ccc(I)cc2)oc2ccccc12. The number of anilines is 1. The smallest absolute Gasteiger partial charge is 0.375 e. The highest BCUT2D eigenvalue weighted by Gasteiger charge is 2.22. The van der Waals surface area contributed by atoms with Gasteiger partial charge in [-0.3, -0.25) is 4.79 Å². The molecule has 0 bridgehead atoms. The van der Waals surface area contributed by atoms with Crippen molar-refractivity contribution in [3.63, 3.8) is 0 Å². The number of carbonyl (C=O) groups excluding carboxylic acids is 2. The summed E-state index contributed by atoms with van der Waals surface area (Å²) in [6, 6.07) is 14.5. The van der Waals surface area contributed by atoms with Crippen LogP contribution in [-0.2, 0) is 20.9 Å². The molecule has 26 heavy (non-hydrogen) atoms. The molecule has 1 heterocycles. The summed E-state index contributed by atoms with van der Waals surface area (Å²) >= 11 is 2.17. The zero-order chi connectivity index (χ0) is 18.5. The monoisotopic (exact) mass is 465 g/mol. The van der Waals surface area contributed by atoms with Gasteiger partial charge in [-0.15, -0.1) is 0 Å². The molecule has 3 rings (SSSR count). The number of halogens is 1. The number of nitrogens with one attached hydrogen (secondary N) is 1. The number of methoxy groups -OCH3 is 1. The molecule has 134 valence electrons. The molecular weight excluding hydrogens is 449 g/mol. The molecule has 0 atom stereocenters. The zero-order valence-electron chi connectivity index (χ0n) is 14.0. The van der Waals surface area contributed by atoms with Crippen LogP contribution in [0.15, 0.2) is 52.9 Å². The topological polar surface area (TPSA) is 77.8 Å². The highest BCUT2D eigenvalue weighted by Crippen LogP contribution is 2.27. The van der Waals surface area contributed by atoms with Crippen molar-refractivity contribution >= 4 is 51.1 Å². The summed E-state index contributed by atoms with van der Waals surface area (Å²) in [6.45, 7) is -0.204. The van der Waals surface area contributed by atoms with E-state index in [1.54, 1.807) is 18.2 Å². The molecule has 0 radical (unpaired) electrons. The van der Waals surface area contributed by atoms with Gasteiger partial charge in [-0.2, -0.15) is 0 Å². The first-order valence-corrected chi connectivity index (χ1v) is 8.88. The Balaban J connectivity index is 1.68. The molecule has 0 aliphatic rings. The van der Waals surface area contributed by atoms with E-state index >= 15 is 0 Å². The quantitative estimate of drug-likeness (QED) is 0.440. The van der Waals surface area contributed by atoms with Crippen molar-refractivity contribution in [2.45, 2.75) is 6.61 Å². The molecule has 6 nitrogen and oxygen atoms in total. The van der Waals surface area contributed by atoms with Crippen LogP contribution in [0.3, 0.4) is 0 Å². The lowest BCUT2D eigenvalue weighted by atomic mass is 10.1. The molecule has 0 saturated carbocycles. The molecule has 0 aliphatic heterocycles. The van der Waals surface area contributed by atoms with Gasteiger partial charge in [0.2, 0.25) is 5.76 Å². The molecule has 0 spiro atoms. The summed E-state index contributed by atoms with van der Waals surface area (Å²) in [5.74, 6) is -1.08. The predicted molar refractivity (Wildman–Crippen MR) is 105 cm³/mol. The van der Waals surface area contributed by atoms with Gasteiger partial charge in [-0.25, -0.2) is 4.79 Å². The largest absolute Gasteiger partial charge is 0.450 e. The van der Waals surface area contributed by atoms with Gasteiger partial charge in [-0.05, 0) is 52.9 Å². The molecule has 3 aromatic rings. The molecule has 0 fully saturated rings. The number of para-hydroxylation sites is 1. The second kappa shape index (κ2) is 8.33. The summed E-state index contributed by atoms with van der Waals surface area (Å²) in [5.41, 5.74) is 1.80. The fraction of sp³-hybridized carbons (Fsp3) is 0.158. The van der Waals surface area contributed by atoms with Crippen molar-refractivity contribution in [3.05, 3.63) is 63.4 Å². The third kappa shape index (κ3) is 4.23. The zero-order valence-corrected chi connectivity index (χ0v) is 16.1. The number of hydrogen-bond donors (Lipinski definition) is 1. The highest BCUT2D eigenvalue weighted by molar-refractivity contribution is 14.1. The fourth-order valence-corrected chi connectivity index (χ4v) is 2.84. The first kappa shape index (κ1) is 18.4. The van der Waals surface area contributed by atoms with Gasteiger partial charge in [-0.1, -0.05) is 18.2 Å². The van der Waals surface area contributed by atoms with Gasteiger partial charge >= 0.3 is 5.97 Å². The third-order valence-electron chi connectivity index (χ3n) is 3.63. The van der Waals surface area contributed by atoms with E-state index in [2.05, 4.69) is 27.9 Å². The number of furan rings is 1. The number of rotatable bonds is 6. The average molecular weight is 465 g/mol. The maximum absolute atomic E-state index is 12.4. The van der Waals surface area contributed by atoms with Crippen LogP contribution in [0.4, 0.5) is 5.69 Å². The van der Waals surface area contributed by atoms with Gasteiger partial charge in [0, 0.05) is 27.3 Å². The lowest BCUT2D eigenvalue weighted by Gasteiger charge is -2.06. The predicted octanol–water partition coefficient (Wildman–Crippen LogP) is 3.98. The number of esters is 1. The number of amides is 1. The fourth-order valence-electron chi connectivity index (χ4n) is 2.48. The summed E-state index contributed by atoms with van der Waals surface area (Å²) in [4.78, 5) is 24.3. The van der Waals surface area contributed by atoms with Crippen LogP contribution in [0.2, 0.25) is 0 Å². The molecule has 0 saturated heterocycles. The Morgan fingerprint density at radius 3 is 2.58 bits per heavy atom. The van der Waals surface area contributed by atoms with Gasteiger partial charge in [0.1, 0.15) is 5.58 Å². The number of fused-ring (bicyclic) bond motifs is 1. The van der Waals surface area contributed by atoms with E-state index < -0.39 is 18.5 Å². The summed E-state index contributed by atoms with van der Waals surface area (Å²) in [6.07, 6.45) is 0. The molecule has 1 amide bonds. The summed E-state index contributed by atoms with van der Waals surface area (Å²) in [5, 5.41) is 3.45. The minimum Gasteiger partial charge on any atom is -0.450 e. The Morgan fingerprint density at radius 1 is 1.12 bits per heavy atom. The molecule has 1 aromatic heterocycles. The number of hydrogen-bond acceptors (Lipinski definition) is 5. The van der Waals surface area contributed by atoms with Crippen LogP contribution >= 0.6 is 22.6 Å². The Morgan fingerprint density at radius 2 is 1.85 bits per heavy atom. The molecule has 7 heteroatoms. The van der Waals surface area contributed by atoms with E-state index in [-0.39, 0.29) is 12.4 Å². The van der Waals surface area contributed by atoms with Crippen molar-refractivity contribution in [3.8, 4) is 0 Å². The Labute approximate surface area is 163 Å². The molecule has 1 N–H and O–H groups in total. The molecule has 2 aromatic carbocycles. The third-order valence-corrected chi connectivity index (χ3v) is 4.35. The van der Waals surface area contributed by atoms with Crippen LogP contribution in [0, 0.1) is 3.57 Å². The van der Waals surface area contributed by atoms with Crippen LogP contribution in [0.1, 0.15) is 16.1 Å². The second-order valence-electron chi connectivity index (χ2n) is 5.47. The van der Waals surface area contributed by atoms with Crippen molar-refractivity contribution in [2.24, 2.45) is 0 Å². The van der Waals surface area contributed by atoms with E-state index in [1.165, 1.54) is 7.11 Å². The molecule has 0 aliphatic carbocycles. The first-order valence-electron chi connectivity index (χ1n) is 7.80. The normalized spacial score (nSPS) is 10.7. The van der Waals surface area contributed by atoms with Gasteiger partial charge in [0.15, 0.2) is 6.61 Å². The number of ether oxygens (including phenoxy) is 2. The van der Waals surface area contributed by atoms with Crippen LogP contribution in [-0.4, -0.2) is 25.6 Å². The summed E-state index contributed by atoms with van der Waals surface area (Å²) < 4.78 is 16.9. The van der Waals surface area contributed by atoms with Gasteiger partial charge in [0.05, 0.1) is 6.61 Å². The van der Waals surface area contributed by atoms with Crippen molar-refractivity contribution in [2.75, 3.05) is 19.0 Å². The lowest BCUT2D eigenvalue weighted by Crippen LogP contribution is -2.21. The van der Waals surface area contributed by atoms with E-state index in [9.17, 15) is 9.59 Å². The van der Waals surface area contributed by atoms with Crippen LogP contribution in [0.25, 0.3) is 11.0 Å². The molecule has 0 unspecified atom stereocenters. The minimum absolute atomic E-state index is 0.0510. The van der Waals surface area contributed by atoms with Gasteiger partial charge in [0.25, 0.3) is 5.91 Å². The first-order chi connectivity index (χ1) is 12.6. The molecular formula is C19H16INO5. The minimum atomic E-state index is -0.703. The second-order valence-corrected chi connectivity index (χ2v) is 6.72. The number of benzene rings is 2. The van der Waals surface area contributed by atoms with E-state index in [0.717, 1.165) is 8.96 Å². The lowest BCUT2D eigenvalue weighted by molar-refractivity contribution is -0.119. The van der Waals surface area contributed by atoms with Crippen LogP contribution in [0.5, 0.6) is 0 Å². The Bertz CT molecular complexity index is 933. The maximum atomic E-state index is 12.4. The van der Waals surface area contributed by atoms with E-state index in [1.807, 2.05) is 30.3 Å². The van der Waals surface area contributed by atoms with E-state index in [4.69, 9.17) is 13.9 Å². The van der Waals surface area contributed by atoms with Crippen molar-refractivity contribution < 1.29 is 23.5 Å². The highest BCUT2D eigenvalue weighted by atomic mass is 127. The van der Waals surface area contributed by atoms with Gasteiger partial charge < -0.3 is 19.2 Å². The number of carbonyl (C=O) groups is 2. The Hall–Kier alpha value is -2.39. The standard InChI is InChI=1S/C19H16INO5/c1-24-10-15-14-4-2-3-5-16(14)26-18(15)19(23)25-11-17(22)21-13-8-6-12(20)7-9-13/h2-9H,10-11H2,1H3,(H,21,22). The maximum Gasteiger partial charge on any atom is 0.375 e.